The van der Waals surface area contributed by atoms with Gasteiger partial charge >= 0.3 is 0 Å². The fraction of sp³-hybridized carbons (Fsp3) is 0.280. The summed E-state index contributed by atoms with van der Waals surface area (Å²) in [5.74, 6) is -0.364. The molecule has 2 heterocycles. The third-order valence-corrected chi connectivity index (χ3v) is 5.72. The molecule has 154 valence electrons. The van der Waals surface area contributed by atoms with Crippen LogP contribution >= 0.6 is 0 Å². The van der Waals surface area contributed by atoms with Crippen LogP contribution in [0.3, 0.4) is 0 Å². The summed E-state index contributed by atoms with van der Waals surface area (Å²) in [5.41, 5.74) is 3.01. The normalized spacial score (nSPS) is 15.1. The van der Waals surface area contributed by atoms with E-state index in [0.29, 0.717) is 16.8 Å². The van der Waals surface area contributed by atoms with Crippen molar-refractivity contribution in [3.63, 3.8) is 0 Å². The Hall–Kier alpha value is -3.05. The number of halogens is 1. The highest BCUT2D eigenvalue weighted by atomic mass is 19.1. The van der Waals surface area contributed by atoms with Crippen LogP contribution in [0.5, 0.6) is 0 Å². The van der Waals surface area contributed by atoms with Crippen LogP contribution in [0.15, 0.2) is 73.1 Å². The zero-order chi connectivity index (χ0) is 20.9. The average molecular weight is 404 g/mol. The summed E-state index contributed by atoms with van der Waals surface area (Å²) in [5, 5.41) is 0. The van der Waals surface area contributed by atoms with E-state index in [-0.39, 0.29) is 17.8 Å². The van der Waals surface area contributed by atoms with Crippen molar-refractivity contribution in [2.75, 3.05) is 18.0 Å². The molecule has 1 aliphatic heterocycles. The number of pyridine rings is 1. The van der Waals surface area contributed by atoms with E-state index in [9.17, 15) is 9.18 Å². The lowest BCUT2D eigenvalue weighted by molar-refractivity contribution is 0.0958. The number of aryl methyl sites for hydroxylation is 1. The molecule has 0 spiro atoms. The molecule has 0 unspecified atom stereocenters. The monoisotopic (exact) mass is 403 g/mol. The lowest BCUT2D eigenvalue weighted by Gasteiger charge is -2.38. The molecule has 1 fully saturated rings. The van der Waals surface area contributed by atoms with E-state index in [1.165, 1.54) is 11.6 Å². The van der Waals surface area contributed by atoms with Gasteiger partial charge in [0.15, 0.2) is 0 Å². The Labute approximate surface area is 177 Å². The fourth-order valence-corrected chi connectivity index (χ4v) is 4.03. The predicted octanol–water partition coefficient (Wildman–Crippen LogP) is 4.84. The van der Waals surface area contributed by atoms with E-state index in [4.69, 9.17) is 0 Å². The first-order chi connectivity index (χ1) is 14.6. The molecule has 5 heteroatoms. The number of likely N-dealkylation sites (tertiary alicyclic amines) is 1. The van der Waals surface area contributed by atoms with Gasteiger partial charge in [-0.3, -0.25) is 14.7 Å². The Morgan fingerprint density at radius 1 is 1.10 bits per heavy atom. The maximum absolute atomic E-state index is 14.3. The number of anilines is 1. The first-order valence-electron chi connectivity index (χ1n) is 10.4. The highest BCUT2D eigenvalue weighted by Gasteiger charge is 2.30. The molecule has 1 amide bonds. The topological polar surface area (TPSA) is 36.4 Å². The van der Waals surface area contributed by atoms with Gasteiger partial charge in [-0.05, 0) is 61.2 Å². The Bertz CT molecular complexity index is 986. The molecule has 2 aromatic carbocycles. The minimum atomic E-state index is -0.285. The lowest BCUT2D eigenvalue weighted by atomic mass is 10.00. The Balaban J connectivity index is 1.54. The standard InChI is InChI=1S/C25H26FN3O/c1-19-9-10-23(16-24(19)26)29(25(30)21-7-3-2-4-8-21)22-11-14-28(15-12-22)18-20-6-5-13-27-17-20/h2-10,13,16-17,22H,11-12,14-15,18H2,1H3. The SMILES string of the molecule is Cc1ccc(N(C(=O)c2ccccc2)C2CCN(Cc3cccnc3)CC2)cc1F. The second-order valence-corrected chi connectivity index (χ2v) is 7.84. The van der Waals surface area contributed by atoms with Gasteiger partial charge in [0.05, 0.1) is 0 Å². The van der Waals surface area contributed by atoms with Crippen LogP contribution in [0.25, 0.3) is 0 Å². The van der Waals surface area contributed by atoms with Gasteiger partial charge in [0, 0.05) is 49.3 Å². The molecule has 1 saturated heterocycles. The zero-order valence-electron chi connectivity index (χ0n) is 17.2. The summed E-state index contributed by atoms with van der Waals surface area (Å²) >= 11 is 0. The van der Waals surface area contributed by atoms with Crippen molar-refractivity contribution in [2.45, 2.75) is 32.4 Å². The second kappa shape index (κ2) is 9.18. The van der Waals surface area contributed by atoms with Crippen LogP contribution in [0.1, 0.15) is 34.3 Å². The second-order valence-electron chi connectivity index (χ2n) is 7.84. The lowest BCUT2D eigenvalue weighted by Crippen LogP contribution is -2.47. The van der Waals surface area contributed by atoms with Crippen molar-refractivity contribution in [3.8, 4) is 0 Å². The minimum absolute atomic E-state index is 0.0324. The number of amides is 1. The number of benzene rings is 2. The van der Waals surface area contributed by atoms with Gasteiger partial charge in [-0.25, -0.2) is 4.39 Å². The van der Waals surface area contributed by atoms with E-state index in [1.54, 1.807) is 24.1 Å². The number of carbonyl (C=O) groups excluding carboxylic acids is 1. The van der Waals surface area contributed by atoms with E-state index >= 15 is 0 Å². The fourth-order valence-electron chi connectivity index (χ4n) is 4.03. The van der Waals surface area contributed by atoms with Gasteiger partial charge in [-0.2, -0.15) is 0 Å². The molecule has 0 N–H and O–H groups in total. The minimum Gasteiger partial charge on any atom is -0.305 e. The van der Waals surface area contributed by atoms with Crippen LogP contribution in [0, 0.1) is 12.7 Å². The van der Waals surface area contributed by atoms with Gasteiger partial charge in [-0.1, -0.05) is 30.3 Å². The van der Waals surface area contributed by atoms with Gasteiger partial charge < -0.3 is 4.90 Å². The molecule has 0 saturated carbocycles. The molecule has 4 rings (SSSR count). The highest BCUT2D eigenvalue weighted by Crippen LogP contribution is 2.28. The number of hydrogen-bond acceptors (Lipinski definition) is 3. The molecule has 1 aliphatic rings. The van der Waals surface area contributed by atoms with Gasteiger partial charge in [0.2, 0.25) is 0 Å². The Kier molecular flexibility index (Phi) is 6.19. The molecule has 0 radical (unpaired) electrons. The van der Waals surface area contributed by atoms with Crippen molar-refractivity contribution < 1.29 is 9.18 Å². The molecular formula is C25H26FN3O. The first-order valence-corrected chi connectivity index (χ1v) is 10.4. The largest absolute Gasteiger partial charge is 0.305 e. The summed E-state index contributed by atoms with van der Waals surface area (Å²) in [7, 11) is 0. The Morgan fingerprint density at radius 2 is 1.87 bits per heavy atom. The highest BCUT2D eigenvalue weighted by molar-refractivity contribution is 6.06. The van der Waals surface area contributed by atoms with E-state index < -0.39 is 0 Å². The number of piperidine rings is 1. The smallest absolute Gasteiger partial charge is 0.258 e. The summed E-state index contributed by atoms with van der Waals surface area (Å²) < 4.78 is 14.3. The maximum atomic E-state index is 14.3. The number of nitrogens with zero attached hydrogens (tertiary/aromatic N) is 3. The van der Waals surface area contributed by atoms with Crippen molar-refractivity contribution in [1.29, 1.82) is 0 Å². The van der Waals surface area contributed by atoms with Crippen molar-refractivity contribution in [1.82, 2.24) is 9.88 Å². The van der Waals surface area contributed by atoms with Crippen LogP contribution in [-0.2, 0) is 6.54 Å². The summed E-state index contributed by atoms with van der Waals surface area (Å²) in [6.45, 7) is 4.35. The molecule has 3 aromatic rings. The summed E-state index contributed by atoms with van der Waals surface area (Å²) in [6.07, 6.45) is 5.36. The van der Waals surface area contributed by atoms with Crippen LogP contribution in [-0.4, -0.2) is 34.9 Å². The third kappa shape index (κ3) is 4.57. The van der Waals surface area contributed by atoms with Crippen molar-refractivity contribution in [2.24, 2.45) is 0 Å². The number of rotatable bonds is 5. The quantitative estimate of drug-likeness (QED) is 0.612. The molecule has 30 heavy (non-hydrogen) atoms. The predicted molar refractivity (Wildman–Crippen MR) is 117 cm³/mol. The number of aromatic nitrogens is 1. The first kappa shape index (κ1) is 20.2. The average Bonchev–Trinajstić information content (AvgIpc) is 2.79. The number of carbonyl (C=O) groups is 1. The van der Waals surface area contributed by atoms with Crippen molar-refractivity contribution in [3.05, 3.63) is 95.6 Å². The maximum Gasteiger partial charge on any atom is 0.258 e. The molecule has 0 aliphatic carbocycles. The Morgan fingerprint density at radius 3 is 2.53 bits per heavy atom. The molecule has 0 atom stereocenters. The van der Waals surface area contributed by atoms with E-state index in [2.05, 4.69) is 16.0 Å². The molecule has 0 bridgehead atoms. The van der Waals surface area contributed by atoms with Crippen LogP contribution in [0.2, 0.25) is 0 Å². The van der Waals surface area contributed by atoms with Crippen molar-refractivity contribution >= 4 is 11.6 Å². The zero-order valence-corrected chi connectivity index (χ0v) is 17.2. The van der Waals surface area contributed by atoms with Gasteiger partial charge in [0.25, 0.3) is 5.91 Å². The molecular weight excluding hydrogens is 377 g/mol. The van der Waals surface area contributed by atoms with Gasteiger partial charge in [-0.15, -0.1) is 0 Å². The van der Waals surface area contributed by atoms with E-state index in [0.717, 1.165) is 32.5 Å². The van der Waals surface area contributed by atoms with Gasteiger partial charge in [0.1, 0.15) is 5.82 Å². The molecule has 1 aromatic heterocycles. The number of hydrogen-bond donors (Lipinski definition) is 0. The van der Waals surface area contributed by atoms with E-state index in [1.807, 2.05) is 48.7 Å². The van der Waals surface area contributed by atoms with Crippen LogP contribution in [0.4, 0.5) is 10.1 Å². The summed E-state index contributed by atoms with van der Waals surface area (Å²) in [4.78, 5) is 21.8. The molecule has 4 nitrogen and oxygen atoms in total. The third-order valence-electron chi connectivity index (χ3n) is 5.72. The van der Waals surface area contributed by atoms with Crippen LogP contribution < -0.4 is 4.90 Å². The summed E-state index contributed by atoms with van der Waals surface area (Å²) in [6, 6.07) is 18.4.